The third-order valence-electron chi connectivity index (χ3n) is 9.78. The van der Waals surface area contributed by atoms with Crippen LogP contribution >= 0.6 is 20.2 Å². The van der Waals surface area contributed by atoms with E-state index in [1.807, 2.05) is 18.2 Å². The predicted octanol–water partition coefficient (Wildman–Crippen LogP) is 10.3. The number of anilines is 1. The van der Waals surface area contributed by atoms with Gasteiger partial charge in [0.2, 0.25) is 0 Å². The van der Waals surface area contributed by atoms with Gasteiger partial charge in [-0.2, -0.15) is 10.4 Å². The van der Waals surface area contributed by atoms with E-state index in [1.54, 1.807) is 16.6 Å². The summed E-state index contributed by atoms with van der Waals surface area (Å²) in [4.78, 5) is 14.6. The van der Waals surface area contributed by atoms with Gasteiger partial charge in [-0.1, -0.05) is 121 Å². The molecule has 3 N–H and O–H groups in total. The molecule has 4 atom stereocenters. The third kappa shape index (κ3) is 17.8. The van der Waals surface area contributed by atoms with E-state index >= 15 is 0 Å². The SMILES string of the molecule is C#N.CCCCCCCCCCCCCCCCCCOCC(COP(O)OCC1CCC(c2ccc3c(N)ncnn23)O1)OCc1ccc(C#N)c(Cl)c1. The maximum absolute atomic E-state index is 10.6. The maximum atomic E-state index is 10.6. The highest BCUT2D eigenvalue weighted by Crippen LogP contribution is 2.38. The Morgan fingerprint density at radius 1 is 0.945 bits per heavy atom. The van der Waals surface area contributed by atoms with Crippen LogP contribution in [0, 0.1) is 23.2 Å². The number of nitrogens with two attached hydrogens (primary N) is 1. The molecule has 4 rings (SSSR count). The zero-order valence-electron chi connectivity index (χ0n) is 32.7. The lowest BCUT2D eigenvalue weighted by Gasteiger charge is -2.20. The van der Waals surface area contributed by atoms with E-state index < -0.39 is 14.7 Å². The lowest BCUT2D eigenvalue weighted by Crippen LogP contribution is -2.25. The number of unbranched alkanes of at least 4 members (excludes halogenated alkanes) is 15. The Balaban J connectivity index is 0.00000399. The van der Waals surface area contributed by atoms with Crippen LogP contribution in [0.3, 0.4) is 0 Å². The van der Waals surface area contributed by atoms with E-state index in [4.69, 9.17) is 45.9 Å². The van der Waals surface area contributed by atoms with E-state index in [1.165, 1.54) is 96.2 Å². The van der Waals surface area contributed by atoms with Crippen LogP contribution in [0.2, 0.25) is 5.02 Å². The quantitative estimate of drug-likeness (QED) is 0.0506. The van der Waals surface area contributed by atoms with E-state index in [0.29, 0.717) is 29.6 Å². The van der Waals surface area contributed by atoms with Crippen molar-refractivity contribution in [3.05, 3.63) is 58.5 Å². The Labute approximate surface area is 334 Å². The molecule has 2 aromatic heterocycles. The Bertz CT molecular complexity index is 1540. The minimum absolute atomic E-state index is 0.0938. The van der Waals surface area contributed by atoms with Crippen molar-refractivity contribution in [2.24, 2.45) is 0 Å². The molecule has 0 radical (unpaired) electrons. The zero-order valence-corrected chi connectivity index (χ0v) is 34.3. The van der Waals surface area contributed by atoms with Crippen molar-refractivity contribution in [1.82, 2.24) is 14.6 Å². The van der Waals surface area contributed by atoms with Crippen LogP contribution in [-0.2, 0) is 29.9 Å². The number of halogens is 1. The number of aromatic nitrogens is 3. The van der Waals surface area contributed by atoms with Gasteiger partial charge in [-0.25, -0.2) is 14.8 Å². The largest absolute Gasteiger partial charge is 0.382 e. The van der Waals surface area contributed by atoms with Crippen LogP contribution in [-0.4, -0.2) is 58.1 Å². The minimum Gasteiger partial charge on any atom is -0.382 e. The number of fused-ring (bicyclic) bond motifs is 1. The molecule has 12 nitrogen and oxygen atoms in total. The molecule has 0 saturated carbocycles. The van der Waals surface area contributed by atoms with Gasteiger partial charge in [-0.15, -0.1) is 0 Å². The lowest BCUT2D eigenvalue weighted by atomic mass is 10.0. The maximum Gasteiger partial charge on any atom is 0.330 e. The van der Waals surface area contributed by atoms with Crippen LogP contribution in [0.15, 0.2) is 36.7 Å². The summed E-state index contributed by atoms with van der Waals surface area (Å²) in [5, 5.41) is 20.4. The van der Waals surface area contributed by atoms with Crippen molar-refractivity contribution in [3.63, 3.8) is 0 Å². The van der Waals surface area contributed by atoms with Crippen LogP contribution in [0.25, 0.3) is 5.52 Å². The first-order valence-electron chi connectivity index (χ1n) is 20.1. The molecule has 55 heavy (non-hydrogen) atoms. The summed E-state index contributed by atoms with van der Waals surface area (Å²) in [6, 6.07) is 11.1. The van der Waals surface area contributed by atoms with Gasteiger partial charge in [0.15, 0.2) is 5.82 Å². The summed E-state index contributed by atoms with van der Waals surface area (Å²) in [6.07, 6.45) is 23.4. The van der Waals surface area contributed by atoms with Crippen molar-refractivity contribution < 1.29 is 28.2 Å². The Morgan fingerprint density at radius 2 is 1.60 bits per heavy atom. The fourth-order valence-electron chi connectivity index (χ4n) is 6.66. The topological polar surface area (TPSA) is 170 Å². The number of hydrogen-bond acceptors (Lipinski definition) is 11. The Morgan fingerprint density at radius 3 is 2.24 bits per heavy atom. The molecule has 0 spiro atoms. The number of ether oxygens (including phenoxy) is 3. The Kier molecular flexibility index (Phi) is 24.1. The number of nitriles is 2. The molecule has 1 aromatic carbocycles. The second-order valence-corrected chi connectivity index (χ2v) is 15.5. The van der Waals surface area contributed by atoms with Gasteiger partial charge < -0.3 is 33.9 Å². The first-order chi connectivity index (χ1) is 27.0. The summed E-state index contributed by atoms with van der Waals surface area (Å²) in [7, 11) is -2.15. The first kappa shape index (κ1) is 46.5. The molecule has 1 saturated heterocycles. The van der Waals surface area contributed by atoms with Gasteiger partial charge in [0.1, 0.15) is 30.1 Å². The molecule has 14 heteroatoms. The second-order valence-electron chi connectivity index (χ2n) is 14.1. The number of benzene rings is 1. The average molecular weight is 801 g/mol. The normalized spacial score (nSPS) is 16.4. The fraction of sp³-hybridized carbons (Fsp3) is 0.659. The van der Waals surface area contributed by atoms with Crippen molar-refractivity contribution in [2.45, 2.75) is 147 Å². The van der Waals surface area contributed by atoms with Gasteiger partial charge in [0.05, 0.1) is 48.8 Å². The number of nitrogen functional groups attached to an aromatic ring is 1. The second kappa shape index (κ2) is 28.5. The molecule has 3 heterocycles. The number of nitrogens with zero attached hydrogens (tertiary/aromatic N) is 5. The molecule has 0 bridgehead atoms. The summed E-state index contributed by atoms with van der Waals surface area (Å²) >= 11 is 6.23. The summed E-state index contributed by atoms with van der Waals surface area (Å²) in [5.41, 5.74) is 8.87. The average Bonchev–Trinajstić information content (AvgIpc) is 3.86. The Hall–Kier alpha value is -2.90. The van der Waals surface area contributed by atoms with Gasteiger partial charge in [-0.3, -0.25) is 0 Å². The van der Waals surface area contributed by atoms with Crippen LogP contribution in [0.5, 0.6) is 0 Å². The summed E-state index contributed by atoms with van der Waals surface area (Å²) in [6.45, 7) is 7.28. The molecule has 0 aliphatic carbocycles. The predicted molar refractivity (Wildman–Crippen MR) is 217 cm³/mol. The lowest BCUT2D eigenvalue weighted by molar-refractivity contribution is -0.0493. The highest BCUT2D eigenvalue weighted by atomic mass is 35.5. The molecule has 0 amide bonds. The number of rotatable bonds is 29. The first-order valence-corrected chi connectivity index (χ1v) is 21.6. The van der Waals surface area contributed by atoms with Crippen LogP contribution in [0.4, 0.5) is 5.82 Å². The van der Waals surface area contributed by atoms with Crippen LogP contribution in [0.1, 0.15) is 145 Å². The molecule has 4 unspecified atom stereocenters. The molecule has 1 aliphatic rings. The molecule has 304 valence electrons. The molecular formula is C41H62ClN6O6P. The highest BCUT2D eigenvalue weighted by molar-refractivity contribution is 7.40. The highest BCUT2D eigenvalue weighted by Gasteiger charge is 2.30. The van der Waals surface area contributed by atoms with E-state index in [-0.39, 0.29) is 32.0 Å². The third-order valence-corrected chi connectivity index (χ3v) is 10.8. The van der Waals surface area contributed by atoms with Gasteiger partial charge in [0.25, 0.3) is 0 Å². The number of hydrogen-bond donors (Lipinski definition) is 2. The standard InChI is InChI=1S/C40H61ClN5O6P.CHN/c1-2-3-4-5-6-7-8-9-10-11-12-13-14-15-16-17-24-48-28-35(49-27-32-18-19-33(26-42)36(41)25-32)30-51-53(47)50-29-34-20-23-39(52-34)37-21-22-38-40(43)44-31-45-46(37)38;1-2/h18-19,21-22,25,31,34-35,39,47H,2-17,20,23-24,27-30H2,1H3,(H2,43,44,45);1H. The van der Waals surface area contributed by atoms with Crippen molar-refractivity contribution in [3.8, 4) is 12.6 Å². The van der Waals surface area contributed by atoms with E-state index in [2.05, 4.69) is 29.6 Å². The van der Waals surface area contributed by atoms with Crippen molar-refractivity contribution in [2.75, 3.05) is 32.2 Å². The zero-order chi connectivity index (χ0) is 39.5. The van der Waals surface area contributed by atoms with Crippen molar-refractivity contribution in [1.29, 1.82) is 10.5 Å². The minimum atomic E-state index is -2.15. The van der Waals surface area contributed by atoms with Crippen molar-refractivity contribution >= 4 is 31.5 Å². The van der Waals surface area contributed by atoms with Crippen LogP contribution < -0.4 is 5.73 Å². The molecule has 1 aliphatic heterocycles. The van der Waals surface area contributed by atoms with Gasteiger partial charge in [0, 0.05) is 13.2 Å². The fourth-order valence-corrected chi connectivity index (χ4v) is 7.57. The monoisotopic (exact) mass is 800 g/mol. The smallest absolute Gasteiger partial charge is 0.330 e. The molecular weight excluding hydrogens is 739 g/mol. The summed E-state index contributed by atoms with van der Waals surface area (Å²) in [5.74, 6) is 0.417. The molecule has 3 aromatic rings. The van der Waals surface area contributed by atoms with E-state index in [0.717, 1.165) is 42.5 Å². The van der Waals surface area contributed by atoms with Gasteiger partial charge in [-0.05, 0) is 49.1 Å². The van der Waals surface area contributed by atoms with E-state index in [9.17, 15) is 10.2 Å². The van der Waals surface area contributed by atoms with Gasteiger partial charge >= 0.3 is 8.60 Å². The summed E-state index contributed by atoms with van der Waals surface area (Å²) < 4.78 is 31.5. The molecule has 1 fully saturated rings.